The third-order valence-corrected chi connectivity index (χ3v) is 2.28. The van der Waals surface area contributed by atoms with Crippen molar-refractivity contribution in [1.29, 1.82) is 0 Å². The fourth-order valence-corrected chi connectivity index (χ4v) is 1.46. The Hall–Kier alpha value is -1.62. The van der Waals surface area contributed by atoms with Gasteiger partial charge in [-0.15, -0.1) is 0 Å². The van der Waals surface area contributed by atoms with E-state index in [4.69, 9.17) is 4.42 Å². The van der Waals surface area contributed by atoms with Crippen molar-refractivity contribution in [1.82, 2.24) is 19.9 Å². The maximum atomic E-state index is 5.60. The van der Waals surface area contributed by atoms with Crippen LogP contribution in [0.2, 0.25) is 0 Å². The number of likely N-dealkylation sites (N-methyl/N-ethyl adjacent to an activating group) is 1. The SMILES string of the molecule is CCNCCc1ncc(-c2cn(C)cn2)o1. The van der Waals surface area contributed by atoms with Gasteiger partial charge in [-0.2, -0.15) is 0 Å². The van der Waals surface area contributed by atoms with Crippen LogP contribution in [0, 0.1) is 0 Å². The molecule has 0 aliphatic rings. The first kappa shape index (κ1) is 10.9. The van der Waals surface area contributed by atoms with Crippen molar-refractivity contribution in [3.63, 3.8) is 0 Å². The molecule has 0 saturated carbocycles. The van der Waals surface area contributed by atoms with E-state index in [2.05, 4.69) is 22.2 Å². The molecule has 2 heterocycles. The number of aromatic nitrogens is 3. The van der Waals surface area contributed by atoms with Crippen molar-refractivity contribution >= 4 is 0 Å². The minimum atomic E-state index is 0.729. The number of rotatable bonds is 5. The summed E-state index contributed by atoms with van der Waals surface area (Å²) in [6, 6.07) is 0. The van der Waals surface area contributed by atoms with E-state index >= 15 is 0 Å². The average molecular weight is 220 g/mol. The van der Waals surface area contributed by atoms with Gasteiger partial charge in [0.05, 0.1) is 12.5 Å². The molecule has 0 aromatic carbocycles. The topological polar surface area (TPSA) is 55.9 Å². The number of nitrogens with one attached hydrogen (secondary N) is 1. The second-order valence-electron chi connectivity index (χ2n) is 3.65. The Morgan fingerprint density at radius 2 is 2.31 bits per heavy atom. The molecule has 0 unspecified atom stereocenters. The molecule has 0 atom stereocenters. The van der Waals surface area contributed by atoms with Crippen molar-refractivity contribution in [3.05, 3.63) is 24.6 Å². The van der Waals surface area contributed by atoms with E-state index in [1.807, 2.05) is 17.8 Å². The molecule has 0 bridgehead atoms. The molecular formula is C11H16N4O. The van der Waals surface area contributed by atoms with E-state index in [9.17, 15) is 0 Å². The van der Waals surface area contributed by atoms with Crippen molar-refractivity contribution in [2.24, 2.45) is 7.05 Å². The fourth-order valence-electron chi connectivity index (χ4n) is 1.46. The number of hydrogen-bond donors (Lipinski definition) is 1. The minimum Gasteiger partial charge on any atom is -0.439 e. The zero-order valence-electron chi connectivity index (χ0n) is 9.60. The second-order valence-corrected chi connectivity index (χ2v) is 3.65. The summed E-state index contributed by atoms with van der Waals surface area (Å²) in [6.45, 7) is 3.93. The normalized spacial score (nSPS) is 10.9. The van der Waals surface area contributed by atoms with Crippen LogP contribution < -0.4 is 5.32 Å². The van der Waals surface area contributed by atoms with Gasteiger partial charge in [-0.25, -0.2) is 9.97 Å². The number of nitrogens with zero attached hydrogens (tertiary/aromatic N) is 3. The Balaban J connectivity index is 2.02. The predicted molar refractivity (Wildman–Crippen MR) is 61.0 cm³/mol. The van der Waals surface area contributed by atoms with Gasteiger partial charge in [-0.3, -0.25) is 0 Å². The highest BCUT2D eigenvalue weighted by Gasteiger charge is 2.07. The average Bonchev–Trinajstić information content (AvgIpc) is 2.87. The summed E-state index contributed by atoms with van der Waals surface area (Å²) in [5.41, 5.74) is 0.824. The molecule has 2 rings (SSSR count). The molecule has 5 heteroatoms. The molecule has 2 aromatic heterocycles. The third kappa shape index (κ3) is 2.49. The van der Waals surface area contributed by atoms with Crippen LogP contribution in [-0.4, -0.2) is 27.6 Å². The molecule has 0 fully saturated rings. The summed E-state index contributed by atoms with van der Waals surface area (Å²) in [5, 5.41) is 3.23. The summed E-state index contributed by atoms with van der Waals surface area (Å²) in [6.07, 6.45) is 6.19. The first-order valence-electron chi connectivity index (χ1n) is 5.43. The van der Waals surface area contributed by atoms with Crippen LogP contribution in [-0.2, 0) is 13.5 Å². The quantitative estimate of drug-likeness (QED) is 0.770. The lowest BCUT2D eigenvalue weighted by Gasteiger charge is -1.96. The number of hydrogen-bond acceptors (Lipinski definition) is 4. The molecule has 2 aromatic rings. The molecule has 86 valence electrons. The molecule has 16 heavy (non-hydrogen) atoms. The summed E-state index contributed by atoms with van der Waals surface area (Å²) in [7, 11) is 1.93. The summed E-state index contributed by atoms with van der Waals surface area (Å²) >= 11 is 0. The number of aryl methyl sites for hydroxylation is 1. The Labute approximate surface area is 94.5 Å². The van der Waals surface area contributed by atoms with Crippen LogP contribution in [0.5, 0.6) is 0 Å². The van der Waals surface area contributed by atoms with Crippen LogP contribution in [0.3, 0.4) is 0 Å². The molecule has 1 N–H and O–H groups in total. The van der Waals surface area contributed by atoms with E-state index < -0.39 is 0 Å². The largest absolute Gasteiger partial charge is 0.439 e. The van der Waals surface area contributed by atoms with E-state index in [1.165, 1.54) is 0 Å². The highest BCUT2D eigenvalue weighted by molar-refractivity contribution is 5.48. The Bertz CT molecular complexity index is 446. The van der Waals surface area contributed by atoms with Gasteiger partial charge in [0.15, 0.2) is 11.7 Å². The second kappa shape index (κ2) is 4.94. The molecule has 0 amide bonds. The van der Waals surface area contributed by atoms with Gasteiger partial charge in [0.25, 0.3) is 0 Å². The number of oxazole rings is 1. The fraction of sp³-hybridized carbons (Fsp3) is 0.455. The van der Waals surface area contributed by atoms with Gasteiger partial charge in [-0.1, -0.05) is 6.92 Å². The molecule has 0 aliphatic heterocycles. The lowest BCUT2D eigenvalue weighted by Crippen LogP contribution is -2.16. The maximum absolute atomic E-state index is 5.60. The zero-order chi connectivity index (χ0) is 11.4. The van der Waals surface area contributed by atoms with Crippen LogP contribution in [0.15, 0.2) is 23.1 Å². The van der Waals surface area contributed by atoms with Gasteiger partial charge < -0.3 is 14.3 Å². The van der Waals surface area contributed by atoms with E-state index in [1.54, 1.807) is 12.5 Å². The third-order valence-electron chi connectivity index (χ3n) is 2.28. The Kier molecular flexibility index (Phi) is 3.36. The first-order valence-corrected chi connectivity index (χ1v) is 5.43. The maximum Gasteiger partial charge on any atom is 0.196 e. The van der Waals surface area contributed by atoms with Gasteiger partial charge in [0.2, 0.25) is 0 Å². The smallest absolute Gasteiger partial charge is 0.196 e. The summed E-state index contributed by atoms with van der Waals surface area (Å²) in [4.78, 5) is 8.43. The molecule has 0 spiro atoms. The van der Waals surface area contributed by atoms with Crippen LogP contribution in [0.25, 0.3) is 11.5 Å². The first-order chi connectivity index (χ1) is 7.79. The Morgan fingerprint density at radius 1 is 1.44 bits per heavy atom. The summed E-state index contributed by atoms with van der Waals surface area (Å²) in [5.74, 6) is 1.48. The summed E-state index contributed by atoms with van der Waals surface area (Å²) < 4.78 is 7.49. The molecule has 0 aliphatic carbocycles. The minimum absolute atomic E-state index is 0.729. The van der Waals surface area contributed by atoms with Crippen LogP contribution in [0.1, 0.15) is 12.8 Å². The molecular weight excluding hydrogens is 204 g/mol. The van der Waals surface area contributed by atoms with E-state index in [-0.39, 0.29) is 0 Å². The van der Waals surface area contributed by atoms with Crippen LogP contribution >= 0.6 is 0 Å². The zero-order valence-corrected chi connectivity index (χ0v) is 9.60. The Morgan fingerprint density at radius 3 is 3.00 bits per heavy atom. The lowest BCUT2D eigenvalue weighted by atomic mass is 10.4. The van der Waals surface area contributed by atoms with Gasteiger partial charge in [0, 0.05) is 26.2 Å². The van der Waals surface area contributed by atoms with E-state index in [0.717, 1.165) is 36.9 Å². The monoisotopic (exact) mass is 220 g/mol. The van der Waals surface area contributed by atoms with E-state index in [0.29, 0.717) is 0 Å². The van der Waals surface area contributed by atoms with Crippen molar-refractivity contribution in [2.75, 3.05) is 13.1 Å². The highest BCUT2D eigenvalue weighted by Crippen LogP contribution is 2.17. The van der Waals surface area contributed by atoms with Crippen molar-refractivity contribution in [3.8, 4) is 11.5 Å². The highest BCUT2D eigenvalue weighted by atomic mass is 16.4. The molecule has 5 nitrogen and oxygen atoms in total. The van der Waals surface area contributed by atoms with Gasteiger partial charge >= 0.3 is 0 Å². The lowest BCUT2D eigenvalue weighted by molar-refractivity contribution is 0.496. The van der Waals surface area contributed by atoms with Crippen molar-refractivity contribution < 1.29 is 4.42 Å². The predicted octanol–water partition coefficient (Wildman–Crippen LogP) is 1.23. The molecule has 0 radical (unpaired) electrons. The van der Waals surface area contributed by atoms with Crippen molar-refractivity contribution in [2.45, 2.75) is 13.3 Å². The standard InChI is InChI=1S/C11H16N4O/c1-3-12-5-4-11-13-6-10(16-11)9-7-15(2)8-14-9/h6-8,12H,3-5H2,1-2H3. The molecule has 0 saturated heterocycles. The van der Waals surface area contributed by atoms with Crippen LogP contribution in [0.4, 0.5) is 0 Å². The van der Waals surface area contributed by atoms with Gasteiger partial charge in [-0.05, 0) is 6.54 Å². The number of imidazole rings is 1. The van der Waals surface area contributed by atoms with Gasteiger partial charge in [0.1, 0.15) is 5.69 Å².